The van der Waals surface area contributed by atoms with Crippen molar-refractivity contribution in [2.45, 2.75) is 31.6 Å². The first-order valence-corrected chi connectivity index (χ1v) is 7.11. The van der Waals surface area contributed by atoms with Crippen LogP contribution in [0, 0.1) is 20.8 Å². The van der Waals surface area contributed by atoms with Gasteiger partial charge in [-0.3, -0.25) is 0 Å². The lowest BCUT2D eigenvalue weighted by atomic mass is 10.2. The molecule has 0 fully saturated rings. The Balaban J connectivity index is 2.13. The Morgan fingerprint density at radius 1 is 1.11 bits per heavy atom. The number of benzene rings is 1. The van der Waals surface area contributed by atoms with E-state index < -0.39 is 0 Å². The number of rotatable bonds is 3. The summed E-state index contributed by atoms with van der Waals surface area (Å²) in [6, 6.07) is 8.45. The summed E-state index contributed by atoms with van der Waals surface area (Å²) in [5.41, 5.74) is 4.37. The van der Waals surface area contributed by atoms with E-state index in [1.54, 1.807) is 11.8 Å². The van der Waals surface area contributed by atoms with E-state index in [0.29, 0.717) is 5.15 Å². The van der Waals surface area contributed by atoms with Crippen molar-refractivity contribution >= 4 is 23.4 Å². The van der Waals surface area contributed by atoms with E-state index in [0.717, 1.165) is 22.2 Å². The fourth-order valence-corrected chi connectivity index (χ4v) is 2.78. The fourth-order valence-electron chi connectivity index (χ4n) is 1.60. The Labute approximate surface area is 117 Å². The van der Waals surface area contributed by atoms with Crippen LogP contribution in [0.4, 0.5) is 0 Å². The van der Waals surface area contributed by atoms with Gasteiger partial charge in [0.05, 0.1) is 11.4 Å². The molecule has 0 spiro atoms. The van der Waals surface area contributed by atoms with Crippen LogP contribution in [0.2, 0.25) is 5.15 Å². The highest BCUT2D eigenvalue weighted by molar-refractivity contribution is 7.98. The maximum Gasteiger partial charge on any atom is 0.161 e. The molecule has 2 nitrogen and oxygen atoms in total. The van der Waals surface area contributed by atoms with Gasteiger partial charge in [0.1, 0.15) is 5.03 Å². The number of hydrogen-bond donors (Lipinski definition) is 0. The SMILES string of the molecule is Cc1cccc(CSc2nc(C)c(C)nc2Cl)c1. The number of aromatic nitrogens is 2. The van der Waals surface area contributed by atoms with E-state index in [2.05, 4.69) is 41.2 Å². The van der Waals surface area contributed by atoms with Gasteiger partial charge in [0, 0.05) is 5.75 Å². The van der Waals surface area contributed by atoms with Crippen LogP contribution in [0.15, 0.2) is 29.3 Å². The number of thioether (sulfide) groups is 1. The molecule has 0 amide bonds. The highest BCUT2D eigenvalue weighted by Crippen LogP contribution is 2.27. The molecule has 0 atom stereocenters. The molecular formula is C14H15ClN2S. The zero-order chi connectivity index (χ0) is 13.1. The first-order chi connectivity index (χ1) is 8.56. The Morgan fingerprint density at radius 2 is 1.83 bits per heavy atom. The van der Waals surface area contributed by atoms with Crippen LogP contribution in [0.1, 0.15) is 22.5 Å². The smallest absolute Gasteiger partial charge is 0.161 e. The van der Waals surface area contributed by atoms with Gasteiger partial charge in [0.2, 0.25) is 0 Å². The third kappa shape index (κ3) is 3.24. The van der Waals surface area contributed by atoms with Gasteiger partial charge in [-0.15, -0.1) is 0 Å². The number of hydrogen-bond acceptors (Lipinski definition) is 3. The van der Waals surface area contributed by atoms with Crippen molar-refractivity contribution in [1.82, 2.24) is 9.97 Å². The topological polar surface area (TPSA) is 25.8 Å². The molecule has 1 aromatic heterocycles. The van der Waals surface area contributed by atoms with Crippen molar-refractivity contribution in [2.75, 3.05) is 0 Å². The van der Waals surface area contributed by atoms with Crippen LogP contribution < -0.4 is 0 Å². The summed E-state index contributed by atoms with van der Waals surface area (Å²) in [7, 11) is 0. The summed E-state index contributed by atoms with van der Waals surface area (Å²) in [5, 5.41) is 1.30. The molecule has 2 aromatic rings. The van der Waals surface area contributed by atoms with Crippen molar-refractivity contribution in [3.63, 3.8) is 0 Å². The Morgan fingerprint density at radius 3 is 2.56 bits per heavy atom. The predicted molar refractivity (Wildman–Crippen MR) is 77.3 cm³/mol. The van der Waals surface area contributed by atoms with Gasteiger partial charge in [0.15, 0.2) is 5.15 Å². The number of nitrogens with zero attached hydrogens (tertiary/aromatic N) is 2. The minimum Gasteiger partial charge on any atom is -0.242 e. The van der Waals surface area contributed by atoms with Crippen LogP contribution >= 0.6 is 23.4 Å². The highest BCUT2D eigenvalue weighted by Gasteiger charge is 2.07. The second kappa shape index (κ2) is 5.72. The maximum atomic E-state index is 6.10. The van der Waals surface area contributed by atoms with Gasteiger partial charge in [-0.1, -0.05) is 53.2 Å². The largest absolute Gasteiger partial charge is 0.242 e. The second-order valence-electron chi connectivity index (χ2n) is 4.27. The quantitative estimate of drug-likeness (QED) is 0.781. The molecule has 94 valence electrons. The average molecular weight is 279 g/mol. The monoisotopic (exact) mass is 278 g/mol. The van der Waals surface area contributed by atoms with Crippen molar-refractivity contribution in [1.29, 1.82) is 0 Å². The van der Waals surface area contributed by atoms with E-state index >= 15 is 0 Å². The Bertz CT molecular complexity index is 570. The molecule has 0 saturated carbocycles. The van der Waals surface area contributed by atoms with Gasteiger partial charge >= 0.3 is 0 Å². The average Bonchev–Trinajstić information content (AvgIpc) is 2.32. The first kappa shape index (κ1) is 13.4. The van der Waals surface area contributed by atoms with Crippen LogP contribution in [0.25, 0.3) is 0 Å². The first-order valence-electron chi connectivity index (χ1n) is 5.75. The summed E-state index contributed by atoms with van der Waals surface area (Å²) < 4.78 is 0. The van der Waals surface area contributed by atoms with E-state index in [4.69, 9.17) is 11.6 Å². The molecule has 0 aliphatic rings. The molecule has 0 bridgehead atoms. The van der Waals surface area contributed by atoms with Crippen molar-refractivity contribution in [2.24, 2.45) is 0 Å². The fraction of sp³-hybridized carbons (Fsp3) is 0.286. The van der Waals surface area contributed by atoms with E-state index in [1.807, 2.05) is 13.8 Å². The molecule has 0 aliphatic carbocycles. The molecular weight excluding hydrogens is 264 g/mol. The van der Waals surface area contributed by atoms with Gasteiger partial charge in [-0.25, -0.2) is 9.97 Å². The van der Waals surface area contributed by atoms with Gasteiger partial charge in [0.25, 0.3) is 0 Å². The van der Waals surface area contributed by atoms with Crippen molar-refractivity contribution in [3.05, 3.63) is 51.9 Å². The summed E-state index contributed by atoms with van der Waals surface area (Å²) in [6.07, 6.45) is 0. The standard InChI is InChI=1S/C14H15ClN2S/c1-9-5-4-6-12(7-9)8-18-14-13(15)16-10(2)11(3)17-14/h4-7H,8H2,1-3H3. The lowest BCUT2D eigenvalue weighted by Crippen LogP contribution is -1.95. The van der Waals surface area contributed by atoms with Crippen LogP contribution in [-0.4, -0.2) is 9.97 Å². The molecule has 0 saturated heterocycles. The molecule has 0 unspecified atom stereocenters. The number of aryl methyl sites for hydroxylation is 3. The molecule has 0 radical (unpaired) electrons. The summed E-state index contributed by atoms with van der Waals surface area (Å²) >= 11 is 7.73. The molecule has 0 aliphatic heterocycles. The van der Waals surface area contributed by atoms with E-state index in [1.165, 1.54) is 11.1 Å². The van der Waals surface area contributed by atoms with Crippen molar-refractivity contribution in [3.8, 4) is 0 Å². The third-order valence-corrected chi connectivity index (χ3v) is 4.10. The molecule has 1 aromatic carbocycles. The van der Waals surface area contributed by atoms with Crippen LogP contribution in [0.3, 0.4) is 0 Å². The molecule has 1 heterocycles. The second-order valence-corrected chi connectivity index (χ2v) is 5.59. The van der Waals surface area contributed by atoms with Gasteiger partial charge < -0.3 is 0 Å². The zero-order valence-corrected chi connectivity index (χ0v) is 12.3. The minimum absolute atomic E-state index is 0.496. The minimum atomic E-state index is 0.496. The van der Waals surface area contributed by atoms with Gasteiger partial charge in [-0.05, 0) is 26.3 Å². The van der Waals surface area contributed by atoms with E-state index in [-0.39, 0.29) is 0 Å². The molecule has 2 rings (SSSR count). The van der Waals surface area contributed by atoms with Crippen LogP contribution in [-0.2, 0) is 5.75 Å². The highest BCUT2D eigenvalue weighted by atomic mass is 35.5. The third-order valence-electron chi connectivity index (χ3n) is 2.69. The lowest BCUT2D eigenvalue weighted by Gasteiger charge is -2.06. The lowest BCUT2D eigenvalue weighted by molar-refractivity contribution is 0.957. The predicted octanol–water partition coefficient (Wildman–Crippen LogP) is 4.35. The van der Waals surface area contributed by atoms with Crippen molar-refractivity contribution < 1.29 is 0 Å². The molecule has 4 heteroatoms. The summed E-state index contributed by atoms with van der Waals surface area (Å²) in [4.78, 5) is 8.76. The Hall–Kier alpha value is -1.06. The molecule has 0 N–H and O–H groups in total. The zero-order valence-electron chi connectivity index (χ0n) is 10.7. The van der Waals surface area contributed by atoms with E-state index in [9.17, 15) is 0 Å². The number of halogens is 1. The normalized spacial score (nSPS) is 10.7. The van der Waals surface area contributed by atoms with Gasteiger partial charge in [-0.2, -0.15) is 0 Å². The van der Waals surface area contributed by atoms with Crippen LogP contribution in [0.5, 0.6) is 0 Å². The maximum absolute atomic E-state index is 6.10. The summed E-state index contributed by atoms with van der Waals surface area (Å²) in [5.74, 6) is 0.860. The Kier molecular flexibility index (Phi) is 4.25. The molecule has 18 heavy (non-hydrogen) atoms. The summed E-state index contributed by atoms with van der Waals surface area (Å²) in [6.45, 7) is 5.97.